The van der Waals surface area contributed by atoms with Crippen molar-refractivity contribution in [3.63, 3.8) is 0 Å². The largest absolute Gasteiger partial charge is 0.454 e. The van der Waals surface area contributed by atoms with Crippen LogP contribution in [0.3, 0.4) is 0 Å². The Bertz CT molecular complexity index is 1860. The number of hydrogen-bond acceptors (Lipinski definition) is 5. The third-order valence-corrected chi connectivity index (χ3v) is 7.88. The molecule has 1 aliphatic heterocycles. The first-order valence-electron chi connectivity index (χ1n) is 14.1. The Morgan fingerprint density at radius 2 is 1.90 bits per heavy atom. The molecule has 0 spiro atoms. The van der Waals surface area contributed by atoms with Gasteiger partial charge in [0.1, 0.15) is 5.75 Å². The van der Waals surface area contributed by atoms with Crippen LogP contribution in [-0.4, -0.2) is 43.0 Å². The molecule has 1 aliphatic rings. The molecule has 6 aromatic rings. The maximum absolute atomic E-state index is 15.6. The third-order valence-electron chi connectivity index (χ3n) is 7.88. The van der Waals surface area contributed by atoms with Crippen molar-refractivity contribution in [2.75, 3.05) is 13.2 Å². The first-order valence-corrected chi connectivity index (χ1v) is 14.1. The van der Waals surface area contributed by atoms with E-state index in [9.17, 15) is 0 Å². The number of nitrogens with zero attached hydrogens (tertiary/aromatic N) is 5. The minimum Gasteiger partial charge on any atom is -0.454 e. The summed E-state index contributed by atoms with van der Waals surface area (Å²) in [6.07, 6.45) is 6.45. The lowest BCUT2D eigenvalue weighted by molar-refractivity contribution is 0.0853. The molecular weight excluding hydrogens is 531 g/mol. The van der Waals surface area contributed by atoms with Crippen molar-refractivity contribution in [3.8, 4) is 22.8 Å². The van der Waals surface area contributed by atoms with Crippen LogP contribution in [0.15, 0.2) is 91.4 Å². The van der Waals surface area contributed by atoms with Crippen LogP contribution in [0.2, 0.25) is 0 Å². The topological polar surface area (TPSA) is 82.8 Å². The van der Waals surface area contributed by atoms with Gasteiger partial charge in [-0.1, -0.05) is 61.5 Å². The van der Waals surface area contributed by atoms with Crippen molar-refractivity contribution in [2.24, 2.45) is 0 Å². The Morgan fingerprint density at radius 1 is 1.02 bits per heavy atom. The highest BCUT2D eigenvalue weighted by Gasteiger charge is 2.26. The van der Waals surface area contributed by atoms with Gasteiger partial charge in [-0.25, -0.2) is 9.07 Å². The Kier molecular flexibility index (Phi) is 6.59. The van der Waals surface area contributed by atoms with Gasteiger partial charge in [-0.2, -0.15) is 5.10 Å². The average molecular weight is 563 g/mol. The van der Waals surface area contributed by atoms with Crippen LogP contribution in [0.4, 0.5) is 4.39 Å². The average Bonchev–Trinajstić information content (AvgIpc) is 3.77. The van der Waals surface area contributed by atoms with E-state index in [1.807, 2.05) is 71.7 Å². The second-order valence-electron chi connectivity index (χ2n) is 11.4. The van der Waals surface area contributed by atoms with Gasteiger partial charge in [0.2, 0.25) is 0 Å². The molecule has 0 amide bonds. The summed E-state index contributed by atoms with van der Waals surface area (Å²) < 4.78 is 31.9. The Balaban J connectivity index is 1.34. The lowest BCUT2D eigenvalue weighted by Crippen LogP contribution is -2.26. The van der Waals surface area contributed by atoms with Crippen molar-refractivity contribution in [1.82, 2.24) is 29.8 Å². The van der Waals surface area contributed by atoms with E-state index >= 15 is 4.39 Å². The summed E-state index contributed by atoms with van der Waals surface area (Å²) >= 11 is 0. The van der Waals surface area contributed by atoms with Crippen molar-refractivity contribution in [3.05, 3.63) is 114 Å². The summed E-state index contributed by atoms with van der Waals surface area (Å²) in [6.45, 7) is 5.49. The fraction of sp³-hybridized carbons (Fsp3) is 0.242. The first-order chi connectivity index (χ1) is 20.4. The predicted molar refractivity (Wildman–Crippen MR) is 158 cm³/mol. The quantitative estimate of drug-likeness (QED) is 0.236. The molecule has 3 aromatic carbocycles. The standard InChI is InChI=1S/C33H31FN6O2/c1-33(2)21-41-16-13-30(22-7-4-3-5-8-22)40-15-12-28(37-40)23-9-6-10-24(17-23)42-32-26(19-39-20-31(33)36-38-39)25-11-14-35-29(25)18-27(32)34/h3-12,14-15,17-18,20,30,35H,13,16,19,21H2,1-2H3. The molecule has 4 heterocycles. The van der Waals surface area contributed by atoms with Crippen LogP contribution in [-0.2, 0) is 16.7 Å². The number of aromatic nitrogens is 6. The number of benzene rings is 3. The Morgan fingerprint density at radius 3 is 2.79 bits per heavy atom. The van der Waals surface area contributed by atoms with Gasteiger partial charge in [-0.3, -0.25) is 4.68 Å². The summed E-state index contributed by atoms with van der Waals surface area (Å²) in [5, 5.41) is 14.7. The van der Waals surface area contributed by atoms with Crippen molar-refractivity contribution in [2.45, 2.75) is 38.3 Å². The van der Waals surface area contributed by atoms with Gasteiger partial charge in [-0.15, -0.1) is 5.10 Å². The molecule has 1 N–H and O–H groups in total. The van der Waals surface area contributed by atoms with Gasteiger partial charge in [0, 0.05) is 58.7 Å². The van der Waals surface area contributed by atoms with Crippen LogP contribution < -0.4 is 4.74 Å². The van der Waals surface area contributed by atoms with E-state index in [-0.39, 0.29) is 23.8 Å². The highest BCUT2D eigenvalue weighted by Crippen LogP contribution is 2.36. The summed E-state index contributed by atoms with van der Waals surface area (Å²) in [5.74, 6) is 0.218. The van der Waals surface area contributed by atoms with Crippen LogP contribution in [0.25, 0.3) is 22.2 Å². The molecule has 0 saturated carbocycles. The lowest BCUT2D eigenvalue weighted by Gasteiger charge is -2.23. The first kappa shape index (κ1) is 26.2. The van der Waals surface area contributed by atoms with Gasteiger partial charge < -0.3 is 14.5 Å². The minimum atomic E-state index is -0.458. The number of hydrogen-bond donors (Lipinski definition) is 1. The molecule has 1 unspecified atom stereocenters. The van der Waals surface area contributed by atoms with Crippen molar-refractivity contribution in [1.29, 1.82) is 0 Å². The second kappa shape index (κ2) is 10.6. The van der Waals surface area contributed by atoms with E-state index in [1.54, 1.807) is 10.9 Å². The molecule has 0 saturated heterocycles. The van der Waals surface area contributed by atoms with Crippen LogP contribution >= 0.6 is 0 Å². The van der Waals surface area contributed by atoms with Gasteiger partial charge >= 0.3 is 0 Å². The van der Waals surface area contributed by atoms with E-state index in [0.717, 1.165) is 34.3 Å². The number of halogens is 1. The molecule has 6 bridgehead atoms. The summed E-state index contributed by atoms with van der Waals surface area (Å²) in [7, 11) is 0. The van der Waals surface area contributed by atoms with Crippen molar-refractivity contribution >= 4 is 10.9 Å². The highest BCUT2D eigenvalue weighted by molar-refractivity contribution is 5.85. The smallest absolute Gasteiger partial charge is 0.168 e. The fourth-order valence-electron chi connectivity index (χ4n) is 5.56. The van der Waals surface area contributed by atoms with E-state index in [2.05, 4.69) is 41.3 Å². The molecule has 0 fully saturated rings. The van der Waals surface area contributed by atoms with E-state index in [1.165, 1.54) is 6.07 Å². The Labute approximate surface area is 242 Å². The van der Waals surface area contributed by atoms with Gasteiger partial charge in [0.25, 0.3) is 0 Å². The van der Waals surface area contributed by atoms with E-state index < -0.39 is 5.82 Å². The van der Waals surface area contributed by atoms with Gasteiger partial charge in [0.05, 0.1) is 30.6 Å². The number of nitrogens with one attached hydrogen (secondary N) is 1. The normalized spacial score (nSPS) is 17.1. The van der Waals surface area contributed by atoms with E-state index in [4.69, 9.17) is 14.6 Å². The molecule has 0 aliphatic carbocycles. The minimum absolute atomic E-state index is 0.00446. The molecule has 7 rings (SSSR count). The summed E-state index contributed by atoms with van der Waals surface area (Å²) in [4.78, 5) is 3.12. The molecule has 9 heteroatoms. The van der Waals surface area contributed by atoms with Crippen molar-refractivity contribution < 1.29 is 13.9 Å². The third kappa shape index (κ3) is 4.96. The number of ether oxygens (including phenoxy) is 2. The molecule has 42 heavy (non-hydrogen) atoms. The van der Waals surface area contributed by atoms with Crippen LogP contribution in [0.5, 0.6) is 11.5 Å². The second-order valence-corrected chi connectivity index (χ2v) is 11.4. The highest BCUT2D eigenvalue weighted by atomic mass is 19.1. The van der Waals surface area contributed by atoms with Crippen LogP contribution in [0.1, 0.15) is 43.1 Å². The molecule has 3 aromatic heterocycles. The zero-order chi connectivity index (χ0) is 28.7. The molecule has 0 radical (unpaired) electrons. The maximum Gasteiger partial charge on any atom is 0.168 e. The number of H-pyrrole nitrogens is 1. The number of rotatable bonds is 1. The fourth-order valence-corrected chi connectivity index (χ4v) is 5.56. The predicted octanol–water partition coefficient (Wildman–Crippen LogP) is 6.89. The Hall–Kier alpha value is -4.76. The maximum atomic E-state index is 15.6. The number of aromatic amines is 1. The molecular formula is C33H31FN6O2. The monoisotopic (exact) mass is 562 g/mol. The summed E-state index contributed by atoms with van der Waals surface area (Å²) in [6, 6.07) is 23.3. The van der Waals surface area contributed by atoms with Gasteiger partial charge in [0.15, 0.2) is 11.6 Å². The SMILES string of the molecule is CC1(C)COCCC(c2ccccc2)n2ccc(n2)-c2cccc(c2)Oc2c(F)cc3[nH]ccc3c2Cn2cc1nn2. The van der Waals surface area contributed by atoms with Gasteiger partial charge in [-0.05, 0) is 36.2 Å². The van der Waals surface area contributed by atoms with E-state index in [0.29, 0.717) is 30.0 Å². The molecule has 212 valence electrons. The zero-order valence-electron chi connectivity index (χ0n) is 23.5. The molecule has 1 atom stereocenters. The summed E-state index contributed by atoms with van der Waals surface area (Å²) in [5.41, 5.74) is 4.62. The lowest BCUT2D eigenvalue weighted by atomic mass is 9.91. The molecule has 8 nitrogen and oxygen atoms in total. The number of fused-ring (bicyclic) bond motifs is 10. The van der Waals surface area contributed by atoms with Crippen LogP contribution in [0, 0.1) is 5.82 Å². The zero-order valence-corrected chi connectivity index (χ0v) is 23.5.